The fourth-order valence-corrected chi connectivity index (χ4v) is 3.03. The normalized spacial score (nSPS) is 16.7. The highest BCUT2D eigenvalue weighted by atomic mass is 16.5. The Bertz CT molecular complexity index is 912. The predicted octanol–water partition coefficient (Wildman–Crippen LogP) is 4.26. The average molecular weight is 376 g/mol. The molecule has 1 aliphatic rings. The summed E-state index contributed by atoms with van der Waals surface area (Å²) in [5, 5.41) is 2.93. The first-order valence-corrected chi connectivity index (χ1v) is 9.23. The number of nitrogens with zero attached hydrogens (tertiary/aromatic N) is 1. The Balaban J connectivity index is 1.90. The third-order valence-corrected chi connectivity index (χ3v) is 4.71. The molecule has 0 spiro atoms. The maximum atomic E-state index is 13.0. The molecule has 0 fully saturated rings. The van der Waals surface area contributed by atoms with Crippen molar-refractivity contribution in [3.05, 3.63) is 83.1 Å². The van der Waals surface area contributed by atoms with Gasteiger partial charge in [0, 0.05) is 18.3 Å². The van der Waals surface area contributed by atoms with Crippen LogP contribution in [0.25, 0.3) is 6.08 Å². The van der Waals surface area contributed by atoms with Gasteiger partial charge < -0.3 is 15.0 Å². The zero-order chi connectivity index (χ0) is 20.1. The Kier molecular flexibility index (Phi) is 5.94. The molecule has 1 heterocycles. The molecule has 0 unspecified atom stereocenters. The van der Waals surface area contributed by atoms with Crippen molar-refractivity contribution in [2.45, 2.75) is 19.9 Å². The van der Waals surface area contributed by atoms with Gasteiger partial charge in [0.25, 0.3) is 0 Å². The summed E-state index contributed by atoms with van der Waals surface area (Å²) in [5.41, 5.74) is 3.47. The third kappa shape index (κ3) is 4.31. The van der Waals surface area contributed by atoms with Gasteiger partial charge in [-0.2, -0.15) is 0 Å². The van der Waals surface area contributed by atoms with E-state index in [1.807, 2.05) is 62.4 Å². The Morgan fingerprint density at radius 1 is 1.14 bits per heavy atom. The van der Waals surface area contributed by atoms with Gasteiger partial charge in [0.1, 0.15) is 5.75 Å². The van der Waals surface area contributed by atoms with Crippen LogP contribution in [0.2, 0.25) is 0 Å². The molecule has 0 saturated heterocycles. The van der Waals surface area contributed by atoms with E-state index in [9.17, 15) is 9.59 Å². The number of ketones is 1. The van der Waals surface area contributed by atoms with Gasteiger partial charge in [-0.25, -0.2) is 4.79 Å². The molecule has 3 rings (SSSR count). The van der Waals surface area contributed by atoms with Crippen LogP contribution >= 0.6 is 0 Å². The molecular weight excluding hydrogens is 352 g/mol. The van der Waals surface area contributed by atoms with Crippen LogP contribution in [0.1, 0.15) is 29.7 Å². The van der Waals surface area contributed by atoms with E-state index in [1.54, 1.807) is 25.5 Å². The molecule has 1 atom stereocenters. The van der Waals surface area contributed by atoms with Crippen molar-refractivity contribution in [1.82, 2.24) is 10.2 Å². The minimum Gasteiger partial charge on any atom is -0.497 e. The Labute approximate surface area is 165 Å². The van der Waals surface area contributed by atoms with Crippen molar-refractivity contribution in [2.75, 3.05) is 13.7 Å². The van der Waals surface area contributed by atoms with Crippen LogP contribution in [0.5, 0.6) is 5.75 Å². The first kappa shape index (κ1) is 19.4. The predicted molar refractivity (Wildman–Crippen MR) is 110 cm³/mol. The number of hydrogen-bond acceptors (Lipinski definition) is 3. The van der Waals surface area contributed by atoms with Gasteiger partial charge in [-0.1, -0.05) is 48.0 Å². The van der Waals surface area contributed by atoms with Gasteiger partial charge in [0.15, 0.2) is 5.78 Å². The first-order chi connectivity index (χ1) is 13.5. The number of methoxy groups -OCH3 is 1. The van der Waals surface area contributed by atoms with Crippen LogP contribution in [0.3, 0.4) is 0 Å². The molecule has 0 radical (unpaired) electrons. The minimum atomic E-state index is -0.503. The highest BCUT2D eigenvalue weighted by Gasteiger charge is 2.30. The van der Waals surface area contributed by atoms with E-state index in [0.717, 1.165) is 16.9 Å². The van der Waals surface area contributed by atoms with Crippen molar-refractivity contribution < 1.29 is 14.3 Å². The standard InChI is InChI=1S/C23H24N2O3/c1-4-25-15-20(21(26)14-9-17-7-5-16(2)6-8-17)22(24-23(25)27)18-10-12-19(28-3)13-11-18/h5-15,22H,4H2,1-3H3,(H,24,27)/b14-9+/t22-/m1/s1. The van der Waals surface area contributed by atoms with Gasteiger partial charge in [0.2, 0.25) is 0 Å². The van der Waals surface area contributed by atoms with Crippen LogP contribution in [-0.4, -0.2) is 30.4 Å². The largest absolute Gasteiger partial charge is 0.497 e. The van der Waals surface area contributed by atoms with Crippen molar-refractivity contribution in [3.8, 4) is 5.75 Å². The van der Waals surface area contributed by atoms with Crippen LogP contribution in [-0.2, 0) is 4.79 Å². The number of nitrogens with one attached hydrogen (secondary N) is 1. The van der Waals surface area contributed by atoms with E-state index in [2.05, 4.69) is 5.32 Å². The molecule has 2 amide bonds. The quantitative estimate of drug-likeness (QED) is 0.767. The van der Waals surface area contributed by atoms with Crippen molar-refractivity contribution in [3.63, 3.8) is 0 Å². The molecule has 28 heavy (non-hydrogen) atoms. The Hall–Kier alpha value is -3.34. The molecule has 0 aliphatic carbocycles. The smallest absolute Gasteiger partial charge is 0.322 e. The molecule has 5 heteroatoms. The zero-order valence-electron chi connectivity index (χ0n) is 16.3. The molecule has 1 aliphatic heterocycles. The van der Waals surface area contributed by atoms with Crippen molar-refractivity contribution in [1.29, 1.82) is 0 Å². The summed E-state index contributed by atoms with van der Waals surface area (Å²) >= 11 is 0. The molecule has 2 aromatic carbocycles. The molecule has 0 saturated carbocycles. The lowest BCUT2D eigenvalue weighted by Crippen LogP contribution is -2.44. The molecule has 1 N–H and O–H groups in total. The molecule has 0 bridgehead atoms. The van der Waals surface area contributed by atoms with E-state index in [4.69, 9.17) is 4.74 Å². The summed E-state index contributed by atoms with van der Waals surface area (Å²) in [4.78, 5) is 26.8. The van der Waals surface area contributed by atoms with Crippen LogP contribution in [0.15, 0.2) is 66.4 Å². The number of benzene rings is 2. The number of urea groups is 1. The summed E-state index contributed by atoms with van der Waals surface area (Å²) < 4.78 is 5.19. The lowest BCUT2D eigenvalue weighted by atomic mass is 9.94. The fourth-order valence-electron chi connectivity index (χ4n) is 3.03. The van der Waals surface area contributed by atoms with E-state index in [1.165, 1.54) is 10.5 Å². The van der Waals surface area contributed by atoms with Gasteiger partial charge in [-0.15, -0.1) is 0 Å². The summed E-state index contributed by atoms with van der Waals surface area (Å²) in [6, 6.07) is 14.6. The summed E-state index contributed by atoms with van der Waals surface area (Å²) in [6.07, 6.45) is 4.99. The van der Waals surface area contributed by atoms with E-state index in [-0.39, 0.29) is 11.8 Å². The highest BCUT2D eigenvalue weighted by molar-refractivity contribution is 6.08. The van der Waals surface area contributed by atoms with Gasteiger partial charge in [-0.3, -0.25) is 4.79 Å². The maximum Gasteiger partial charge on any atom is 0.322 e. The number of amides is 2. The second-order valence-corrected chi connectivity index (χ2v) is 6.63. The average Bonchev–Trinajstić information content (AvgIpc) is 2.73. The number of hydrogen-bond donors (Lipinski definition) is 1. The second kappa shape index (κ2) is 8.57. The topological polar surface area (TPSA) is 58.6 Å². The number of ether oxygens (including phenoxy) is 1. The molecule has 5 nitrogen and oxygen atoms in total. The van der Waals surface area contributed by atoms with Crippen LogP contribution < -0.4 is 10.1 Å². The van der Waals surface area contributed by atoms with Gasteiger partial charge >= 0.3 is 6.03 Å². The number of allylic oxidation sites excluding steroid dienone is 1. The monoisotopic (exact) mass is 376 g/mol. The van der Waals surface area contributed by atoms with Crippen LogP contribution in [0, 0.1) is 6.92 Å². The Morgan fingerprint density at radius 2 is 1.82 bits per heavy atom. The maximum absolute atomic E-state index is 13.0. The summed E-state index contributed by atoms with van der Waals surface area (Å²) in [6.45, 7) is 4.38. The SMILES string of the molecule is CCN1C=C(C(=O)/C=C/c2ccc(C)cc2)[C@@H](c2ccc(OC)cc2)NC1=O. The highest BCUT2D eigenvalue weighted by Crippen LogP contribution is 2.28. The lowest BCUT2D eigenvalue weighted by Gasteiger charge is -2.31. The number of aryl methyl sites for hydroxylation is 1. The molecule has 2 aromatic rings. The minimum absolute atomic E-state index is 0.139. The second-order valence-electron chi connectivity index (χ2n) is 6.63. The number of rotatable bonds is 6. The number of carbonyl (C=O) groups is 2. The fraction of sp³-hybridized carbons (Fsp3) is 0.217. The zero-order valence-corrected chi connectivity index (χ0v) is 16.3. The summed E-state index contributed by atoms with van der Waals surface area (Å²) in [7, 11) is 1.60. The third-order valence-electron chi connectivity index (χ3n) is 4.71. The molecule has 144 valence electrons. The summed E-state index contributed by atoms with van der Waals surface area (Å²) in [5.74, 6) is 0.581. The van der Waals surface area contributed by atoms with Crippen LogP contribution in [0.4, 0.5) is 4.79 Å². The van der Waals surface area contributed by atoms with Gasteiger partial charge in [0.05, 0.1) is 13.2 Å². The number of carbonyl (C=O) groups excluding carboxylic acids is 2. The van der Waals surface area contributed by atoms with E-state index < -0.39 is 6.04 Å². The first-order valence-electron chi connectivity index (χ1n) is 9.23. The van der Waals surface area contributed by atoms with E-state index >= 15 is 0 Å². The Morgan fingerprint density at radius 3 is 2.43 bits per heavy atom. The molecular formula is C23H24N2O3. The van der Waals surface area contributed by atoms with E-state index in [0.29, 0.717) is 12.1 Å². The van der Waals surface area contributed by atoms with Crippen molar-refractivity contribution in [2.24, 2.45) is 0 Å². The molecule has 0 aromatic heterocycles. The van der Waals surface area contributed by atoms with Crippen molar-refractivity contribution >= 4 is 17.9 Å². The van der Waals surface area contributed by atoms with Gasteiger partial charge in [-0.05, 0) is 43.2 Å². The lowest BCUT2D eigenvalue weighted by molar-refractivity contribution is -0.111.